The van der Waals surface area contributed by atoms with Gasteiger partial charge < -0.3 is 30.0 Å². The van der Waals surface area contributed by atoms with Gasteiger partial charge in [0.1, 0.15) is 22.8 Å². The number of carbonyl (C=O) groups excluding carboxylic acids is 1. The highest BCUT2D eigenvalue weighted by atomic mass is 19.1. The van der Waals surface area contributed by atoms with Crippen molar-refractivity contribution in [3.8, 4) is 11.5 Å². The molecule has 3 aromatic carbocycles. The van der Waals surface area contributed by atoms with E-state index in [2.05, 4.69) is 15.0 Å². The van der Waals surface area contributed by atoms with Crippen LogP contribution in [0.2, 0.25) is 0 Å². The van der Waals surface area contributed by atoms with Gasteiger partial charge in [-0.25, -0.2) is 13.8 Å². The Morgan fingerprint density at radius 3 is 2.58 bits per heavy atom. The van der Waals surface area contributed by atoms with E-state index in [1.54, 1.807) is 23.1 Å². The molecule has 0 spiro atoms. The number of amides is 1. The summed E-state index contributed by atoms with van der Waals surface area (Å²) >= 11 is 0. The lowest BCUT2D eigenvalue weighted by molar-refractivity contribution is 0.0716. The third-order valence-electron chi connectivity index (χ3n) is 7.22. The number of nitrogens with one attached hydrogen (secondary N) is 1. The SMILES string of the molecule is COc1cc2c(N)nc(N3CCN(C(=O)c4cc5cc(F)ccc5[nH]4)CC3c3ccccc3)nc2c(F)c1OC. The van der Waals surface area contributed by atoms with Crippen molar-refractivity contribution in [1.82, 2.24) is 19.9 Å². The zero-order chi connectivity index (χ0) is 28.0. The van der Waals surface area contributed by atoms with Crippen LogP contribution >= 0.6 is 0 Å². The summed E-state index contributed by atoms with van der Waals surface area (Å²) in [6, 6.07) is 16.8. The summed E-state index contributed by atoms with van der Waals surface area (Å²) in [6.07, 6.45) is 0. The Kier molecular flexibility index (Phi) is 6.33. The lowest BCUT2D eigenvalue weighted by Crippen LogP contribution is -2.51. The van der Waals surface area contributed by atoms with Crippen LogP contribution in [0.1, 0.15) is 22.1 Å². The average molecular weight is 545 g/mol. The van der Waals surface area contributed by atoms with Crippen LogP contribution in [0.25, 0.3) is 21.8 Å². The van der Waals surface area contributed by atoms with Gasteiger partial charge in [0.25, 0.3) is 5.91 Å². The lowest BCUT2D eigenvalue weighted by atomic mass is 10.0. The molecule has 0 radical (unpaired) electrons. The summed E-state index contributed by atoms with van der Waals surface area (Å²) in [5, 5.41) is 0.926. The summed E-state index contributed by atoms with van der Waals surface area (Å²) in [5.74, 6) is -0.845. The van der Waals surface area contributed by atoms with Gasteiger partial charge in [-0.05, 0) is 35.9 Å². The highest BCUT2D eigenvalue weighted by Gasteiger charge is 2.34. The number of nitrogens with zero attached hydrogens (tertiary/aromatic N) is 4. The Bertz CT molecular complexity index is 1740. The number of methoxy groups -OCH3 is 2. The molecule has 3 N–H and O–H groups in total. The first-order valence-corrected chi connectivity index (χ1v) is 12.6. The number of ether oxygens (including phenoxy) is 2. The van der Waals surface area contributed by atoms with Crippen molar-refractivity contribution in [1.29, 1.82) is 0 Å². The smallest absolute Gasteiger partial charge is 0.270 e. The van der Waals surface area contributed by atoms with Crippen LogP contribution in [-0.2, 0) is 0 Å². The number of fused-ring (bicyclic) bond motifs is 2. The third kappa shape index (κ3) is 4.29. The molecular formula is C29H26F2N6O3. The molecule has 1 saturated heterocycles. The van der Waals surface area contributed by atoms with Crippen LogP contribution in [0.5, 0.6) is 11.5 Å². The maximum atomic E-state index is 15.5. The maximum absolute atomic E-state index is 15.5. The Labute approximate surface area is 228 Å². The molecule has 6 rings (SSSR count). The van der Waals surface area contributed by atoms with Gasteiger partial charge in [-0.1, -0.05) is 30.3 Å². The number of anilines is 2. The molecule has 1 aliphatic rings. The highest BCUT2D eigenvalue weighted by molar-refractivity contribution is 5.98. The monoisotopic (exact) mass is 544 g/mol. The predicted molar refractivity (Wildman–Crippen MR) is 148 cm³/mol. The van der Waals surface area contributed by atoms with Crippen molar-refractivity contribution < 1.29 is 23.0 Å². The van der Waals surface area contributed by atoms with Crippen molar-refractivity contribution in [2.75, 3.05) is 44.5 Å². The maximum Gasteiger partial charge on any atom is 0.270 e. The predicted octanol–water partition coefficient (Wildman–Crippen LogP) is 4.69. The molecule has 2 aromatic heterocycles. The largest absolute Gasteiger partial charge is 0.493 e. The zero-order valence-electron chi connectivity index (χ0n) is 21.8. The molecule has 1 atom stereocenters. The zero-order valence-corrected chi connectivity index (χ0v) is 21.8. The number of H-pyrrole nitrogens is 1. The summed E-state index contributed by atoms with van der Waals surface area (Å²) in [7, 11) is 2.76. The van der Waals surface area contributed by atoms with E-state index in [0.29, 0.717) is 41.6 Å². The second-order valence-electron chi connectivity index (χ2n) is 9.52. The number of hydrogen-bond donors (Lipinski definition) is 2. The van der Waals surface area contributed by atoms with Gasteiger partial charge in [0.05, 0.1) is 20.3 Å². The molecule has 9 nitrogen and oxygen atoms in total. The van der Waals surface area contributed by atoms with E-state index in [1.165, 1.54) is 26.4 Å². The number of nitrogens with two attached hydrogens (primary N) is 1. The first-order chi connectivity index (χ1) is 19.4. The van der Waals surface area contributed by atoms with E-state index in [0.717, 1.165) is 5.56 Å². The van der Waals surface area contributed by atoms with Gasteiger partial charge in [0.15, 0.2) is 17.3 Å². The fourth-order valence-electron chi connectivity index (χ4n) is 5.22. The van der Waals surface area contributed by atoms with E-state index in [-0.39, 0.29) is 46.5 Å². The standard InChI is InChI=1S/C29H26F2N6O3/c1-39-23-14-19-25(24(31)26(23)40-2)34-29(35-27(19)32)37-11-10-36(15-22(37)16-6-4-3-5-7-16)28(38)21-13-17-12-18(30)8-9-20(17)33-21/h3-9,12-14,22,33H,10-11,15H2,1-2H3,(H2,32,34,35). The Morgan fingerprint density at radius 2 is 1.82 bits per heavy atom. The minimum absolute atomic E-state index is 0.00998. The number of benzene rings is 3. The summed E-state index contributed by atoms with van der Waals surface area (Å²) in [6.45, 7) is 1.02. The van der Waals surface area contributed by atoms with E-state index in [9.17, 15) is 9.18 Å². The number of aromatic nitrogens is 3. The van der Waals surface area contributed by atoms with Crippen molar-refractivity contribution in [3.05, 3.63) is 83.6 Å². The van der Waals surface area contributed by atoms with Gasteiger partial charge in [-0.2, -0.15) is 4.98 Å². The van der Waals surface area contributed by atoms with Gasteiger partial charge in [-0.3, -0.25) is 4.79 Å². The minimum atomic E-state index is -0.701. The van der Waals surface area contributed by atoms with E-state index >= 15 is 4.39 Å². The van der Waals surface area contributed by atoms with Crippen LogP contribution in [0, 0.1) is 11.6 Å². The second kappa shape index (κ2) is 9.99. The molecule has 0 saturated carbocycles. The molecule has 1 aliphatic heterocycles. The number of halogens is 2. The molecule has 40 heavy (non-hydrogen) atoms. The van der Waals surface area contributed by atoms with Gasteiger partial charge in [0.2, 0.25) is 5.95 Å². The molecule has 204 valence electrons. The summed E-state index contributed by atoms with van der Waals surface area (Å²) < 4.78 is 39.7. The quantitative estimate of drug-likeness (QED) is 0.330. The molecule has 5 aromatic rings. The molecule has 0 aliphatic carbocycles. The number of piperazine rings is 1. The van der Waals surface area contributed by atoms with Crippen LogP contribution in [0.3, 0.4) is 0 Å². The summed E-state index contributed by atoms with van der Waals surface area (Å²) in [4.78, 5) is 29.4. The first kappa shape index (κ1) is 25.4. The number of carbonyl (C=O) groups is 1. The fraction of sp³-hybridized carbons (Fsp3) is 0.207. The highest BCUT2D eigenvalue weighted by Crippen LogP contribution is 2.39. The van der Waals surface area contributed by atoms with E-state index < -0.39 is 5.82 Å². The van der Waals surface area contributed by atoms with E-state index in [1.807, 2.05) is 35.2 Å². The second-order valence-corrected chi connectivity index (χ2v) is 9.52. The Morgan fingerprint density at radius 1 is 1.02 bits per heavy atom. The first-order valence-electron chi connectivity index (χ1n) is 12.6. The van der Waals surface area contributed by atoms with Crippen LogP contribution in [-0.4, -0.2) is 59.6 Å². The van der Waals surface area contributed by atoms with Crippen molar-refractivity contribution >= 4 is 39.5 Å². The molecule has 1 unspecified atom stereocenters. The van der Waals surface area contributed by atoms with Crippen LogP contribution in [0.4, 0.5) is 20.5 Å². The molecule has 1 amide bonds. The molecule has 11 heteroatoms. The topological polar surface area (TPSA) is 110 Å². The number of rotatable bonds is 5. The molecular weight excluding hydrogens is 518 g/mol. The number of hydrogen-bond acceptors (Lipinski definition) is 7. The average Bonchev–Trinajstić information content (AvgIpc) is 3.40. The van der Waals surface area contributed by atoms with Crippen molar-refractivity contribution in [2.24, 2.45) is 0 Å². The van der Waals surface area contributed by atoms with E-state index in [4.69, 9.17) is 15.2 Å². The summed E-state index contributed by atoms with van der Waals surface area (Å²) in [5.41, 5.74) is 8.28. The molecule has 0 bridgehead atoms. The fourth-order valence-corrected chi connectivity index (χ4v) is 5.22. The van der Waals surface area contributed by atoms with Crippen LogP contribution in [0.15, 0.2) is 60.7 Å². The Hall–Kier alpha value is -4.93. The lowest BCUT2D eigenvalue weighted by Gasteiger charge is -2.41. The molecule has 3 heterocycles. The van der Waals surface area contributed by atoms with Crippen molar-refractivity contribution in [3.63, 3.8) is 0 Å². The third-order valence-corrected chi connectivity index (χ3v) is 7.22. The molecule has 1 fully saturated rings. The van der Waals surface area contributed by atoms with Gasteiger partial charge >= 0.3 is 0 Å². The minimum Gasteiger partial charge on any atom is -0.493 e. The van der Waals surface area contributed by atoms with Gasteiger partial charge in [0, 0.05) is 35.9 Å². The van der Waals surface area contributed by atoms with Crippen molar-refractivity contribution in [2.45, 2.75) is 6.04 Å². The number of nitrogen functional groups attached to an aromatic ring is 1. The van der Waals surface area contributed by atoms with Gasteiger partial charge in [-0.15, -0.1) is 0 Å². The van der Waals surface area contributed by atoms with Crippen LogP contribution < -0.4 is 20.1 Å². The number of aromatic amines is 1. The normalized spacial score (nSPS) is 15.6. The Balaban J connectivity index is 1.38.